The third-order valence-electron chi connectivity index (χ3n) is 3.48. The van der Waals surface area contributed by atoms with Crippen LogP contribution < -0.4 is 0 Å². The highest BCUT2D eigenvalue weighted by Crippen LogP contribution is 2.29. The van der Waals surface area contributed by atoms with E-state index in [1.807, 2.05) is 0 Å². The molecule has 0 aliphatic rings. The van der Waals surface area contributed by atoms with Gasteiger partial charge >= 0.3 is 5.97 Å². The van der Waals surface area contributed by atoms with Crippen LogP contribution in [0.25, 0.3) is 33.9 Å². The van der Waals surface area contributed by atoms with Crippen molar-refractivity contribution >= 4 is 28.6 Å². The second-order valence-corrected chi connectivity index (χ2v) is 6.17. The number of carboxylic acid groups (broad SMARTS) is 1. The van der Waals surface area contributed by atoms with Crippen LogP contribution in [0.1, 0.15) is 0 Å². The molecule has 7 nitrogen and oxygen atoms in total. The number of rotatable bonds is 5. The third kappa shape index (κ3) is 3.13. The van der Waals surface area contributed by atoms with Gasteiger partial charge in [0.15, 0.2) is 17.3 Å². The number of aromatic amines is 2. The van der Waals surface area contributed by atoms with Crippen LogP contribution in [0.4, 0.5) is 4.39 Å². The van der Waals surface area contributed by atoms with Gasteiger partial charge < -0.3 is 14.5 Å². The topological polar surface area (TPSA) is 108 Å². The van der Waals surface area contributed by atoms with Gasteiger partial charge in [0, 0.05) is 10.9 Å². The minimum absolute atomic E-state index is 0.119. The fraction of sp³-hybridized carbons (Fsp3) is 0.0625. The first-order valence-electron chi connectivity index (χ1n) is 7.24. The van der Waals surface area contributed by atoms with Gasteiger partial charge in [-0.1, -0.05) is 11.8 Å². The lowest BCUT2D eigenvalue weighted by Gasteiger charge is -1.92. The lowest BCUT2D eigenvalue weighted by Crippen LogP contribution is -1.97. The van der Waals surface area contributed by atoms with Crippen LogP contribution in [0.5, 0.6) is 0 Å². The van der Waals surface area contributed by atoms with Crippen molar-refractivity contribution in [1.29, 1.82) is 0 Å². The van der Waals surface area contributed by atoms with Crippen molar-refractivity contribution < 1.29 is 18.7 Å². The van der Waals surface area contributed by atoms with Crippen LogP contribution in [0.3, 0.4) is 0 Å². The number of hydrogen-bond donors (Lipinski definition) is 3. The Hall–Kier alpha value is -3.07. The molecular formula is C16H11FN4O3S. The summed E-state index contributed by atoms with van der Waals surface area (Å²) < 4.78 is 19.1. The maximum absolute atomic E-state index is 13.3. The Morgan fingerprint density at radius 2 is 2.08 bits per heavy atom. The van der Waals surface area contributed by atoms with E-state index in [9.17, 15) is 9.18 Å². The van der Waals surface area contributed by atoms with Crippen LogP contribution in [-0.2, 0) is 4.79 Å². The van der Waals surface area contributed by atoms with Gasteiger partial charge in [-0.05, 0) is 36.4 Å². The monoisotopic (exact) mass is 358 g/mol. The number of furan rings is 1. The fourth-order valence-electron chi connectivity index (χ4n) is 2.39. The number of nitrogens with one attached hydrogen (secondary N) is 2. The Bertz CT molecular complexity index is 1070. The summed E-state index contributed by atoms with van der Waals surface area (Å²) in [5.74, 6) is 0.0865. The van der Waals surface area contributed by atoms with Crippen LogP contribution in [0.2, 0.25) is 0 Å². The summed E-state index contributed by atoms with van der Waals surface area (Å²) in [6.45, 7) is 0. The molecule has 0 saturated carbocycles. The molecule has 25 heavy (non-hydrogen) atoms. The molecule has 3 aromatic heterocycles. The fourth-order valence-corrected chi connectivity index (χ4v) is 2.91. The summed E-state index contributed by atoms with van der Waals surface area (Å²) >= 11 is 1.02. The van der Waals surface area contributed by atoms with E-state index in [4.69, 9.17) is 9.52 Å². The van der Waals surface area contributed by atoms with Crippen LogP contribution in [0.15, 0.2) is 46.0 Å². The Kier molecular flexibility index (Phi) is 3.77. The molecule has 126 valence electrons. The smallest absolute Gasteiger partial charge is 0.313 e. The highest BCUT2D eigenvalue weighted by molar-refractivity contribution is 7.99. The summed E-state index contributed by atoms with van der Waals surface area (Å²) in [6.07, 6.45) is 0. The van der Waals surface area contributed by atoms with Crippen molar-refractivity contribution in [2.75, 3.05) is 5.75 Å². The number of aromatic nitrogens is 4. The minimum Gasteiger partial charge on any atom is -0.481 e. The van der Waals surface area contributed by atoms with Gasteiger partial charge in [0.1, 0.15) is 5.82 Å². The molecule has 0 spiro atoms. The summed E-state index contributed by atoms with van der Waals surface area (Å²) in [4.78, 5) is 17.9. The first-order chi connectivity index (χ1) is 12.1. The number of thioether (sulfide) groups is 1. The summed E-state index contributed by atoms with van der Waals surface area (Å²) in [5.41, 5.74) is 1.52. The maximum Gasteiger partial charge on any atom is 0.313 e. The van der Waals surface area contributed by atoms with Gasteiger partial charge in [0.05, 0.1) is 11.4 Å². The van der Waals surface area contributed by atoms with Gasteiger partial charge in [-0.3, -0.25) is 9.89 Å². The molecule has 3 heterocycles. The van der Waals surface area contributed by atoms with Gasteiger partial charge in [0.25, 0.3) is 0 Å². The molecule has 0 aliphatic carbocycles. The number of benzene rings is 1. The van der Waals surface area contributed by atoms with Crippen molar-refractivity contribution in [3.63, 3.8) is 0 Å². The van der Waals surface area contributed by atoms with Crippen molar-refractivity contribution in [2.45, 2.75) is 5.16 Å². The largest absolute Gasteiger partial charge is 0.481 e. The molecule has 9 heteroatoms. The highest BCUT2D eigenvalue weighted by Gasteiger charge is 2.14. The van der Waals surface area contributed by atoms with Crippen molar-refractivity contribution in [2.24, 2.45) is 0 Å². The predicted octanol–water partition coefficient (Wildman–Crippen LogP) is 3.53. The van der Waals surface area contributed by atoms with E-state index in [2.05, 4.69) is 20.2 Å². The molecule has 3 N–H and O–H groups in total. The average Bonchev–Trinajstić information content (AvgIpc) is 3.30. The number of carbonyl (C=O) groups is 1. The van der Waals surface area contributed by atoms with E-state index in [-0.39, 0.29) is 11.6 Å². The van der Waals surface area contributed by atoms with E-state index in [0.717, 1.165) is 22.7 Å². The Labute approximate surface area is 144 Å². The number of halogens is 1. The first kappa shape index (κ1) is 15.5. The summed E-state index contributed by atoms with van der Waals surface area (Å²) in [7, 11) is 0. The Balaban J connectivity index is 1.60. The lowest BCUT2D eigenvalue weighted by molar-refractivity contribution is -0.133. The number of H-pyrrole nitrogens is 2. The van der Waals surface area contributed by atoms with E-state index in [0.29, 0.717) is 28.2 Å². The molecule has 0 amide bonds. The van der Waals surface area contributed by atoms with Crippen LogP contribution in [0, 0.1) is 5.82 Å². The molecule has 1 aromatic carbocycles. The molecule has 4 aromatic rings. The Morgan fingerprint density at radius 3 is 2.92 bits per heavy atom. The molecule has 0 aliphatic heterocycles. The predicted molar refractivity (Wildman–Crippen MR) is 89.7 cm³/mol. The Morgan fingerprint density at radius 1 is 1.24 bits per heavy atom. The number of hydrogen-bond acceptors (Lipinski definition) is 5. The zero-order valence-corrected chi connectivity index (χ0v) is 13.4. The van der Waals surface area contributed by atoms with Crippen molar-refractivity contribution in [3.05, 3.63) is 42.2 Å². The SMILES string of the molecule is O=C(O)CSc1n[nH]c(-c2ccc(-c3cc4cc(F)ccc4[nH]3)o2)n1. The van der Waals surface area contributed by atoms with Gasteiger partial charge in [0.2, 0.25) is 5.16 Å². The summed E-state index contributed by atoms with van der Waals surface area (Å²) in [5, 5.41) is 16.4. The second-order valence-electron chi connectivity index (χ2n) is 5.23. The molecular weight excluding hydrogens is 347 g/mol. The molecule has 4 rings (SSSR count). The molecule has 0 saturated heterocycles. The van der Waals surface area contributed by atoms with Crippen molar-refractivity contribution in [3.8, 4) is 23.0 Å². The van der Waals surface area contributed by atoms with E-state index in [1.54, 1.807) is 24.3 Å². The lowest BCUT2D eigenvalue weighted by atomic mass is 10.2. The normalized spacial score (nSPS) is 11.2. The molecule has 0 bridgehead atoms. The highest BCUT2D eigenvalue weighted by atomic mass is 32.2. The zero-order chi connectivity index (χ0) is 17.4. The molecule has 0 unspecified atom stereocenters. The van der Waals surface area contributed by atoms with E-state index >= 15 is 0 Å². The quantitative estimate of drug-likeness (QED) is 0.471. The maximum atomic E-state index is 13.3. The number of carboxylic acids is 1. The number of aliphatic carboxylic acids is 1. The van der Waals surface area contributed by atoms with Crippen LogP contribution in [-0.4, -0.2) is 37.0 Å². The van der Waals surface area contributed by atoms with E-state index in [1.165, 1.54) is 12.1 Å². The van der Waals surface area contributed by atoms with Crippen molar-refractivity contribution in [1.82, 2.24) is 20.2 Å². The zero-order valence-electron chi connectivity index (χ0n) is 12.6. The summed E-state index contributed by atoms with van der Waals surface area (Å²) in [6, 6.07) is 9.80. The minimum atomic E-state index is -0.938. The van der Waals surface area contributed by atoms with Crippen LogP contribution >= 0.6 is 11.8 Å². The molecule has 0 atom stereocenters. The number of nitrogens with zero attached hydrogens (tertiary/aromatic N) is 2. The number of fused-ring (bicyclic) bond motifs is 1. The van der Waals surface area contributed by atoms with Gasteiger partial charge in [-0.15, -0.1) is 5.10 Å². The second kappa shape index (κ2) is 6.10. The molecule has 0 fully saturated rings. The van der Waals surface area contributed by atoms with Gasteiger partial charge in [-0.2, -0.15) is 4.98 Å². The van der Waals surface area contributed by atoms with Gasteiger partial charge in [-0.25, -0.2) is 4.39 Å². The average molecular weight is 358 g/mol. The van der Waals surface area contributed by atoms with E-state index < -0.39 is 5.97 Å². The first-order valence-corrected chi connectivity index (χ1v) is 8.23. The third-order valence-corrected chi connectivity index (χ3v) is 4.31. The molecule has 0 radical (unpaired) electrons. The standard InChI is InChI=1S/C16H11FN4O3S/c17-9-1-2-10-8(5-9)6-11(18-10)12-3-4-13(24-12)15-19-16(21-20-15)25-7-14(22)23/h1-6,18H,7H2,(H,22,23)(H,19,20,21).